The predicted molar refractivity (Wildman–Crippen MR) is 135 cm³/mol. The van der Waals surface area contributed by atoms with Crippen molar-refractivity contribution in [1.82, 2.24) is 9.29 Å². The van der Waals surface area contributed by atoms with Crippen molar-refractivity contribution in [2.45, 2.75) is 38.0 Å². The molecule has 6 nitrogen and oxygen atoms in total. The number of methoxy groups -OCH3 is 1. The molecule has 0 fully saturated rings. The van der Waals surface area contributed by atoms with E-state index in [1.165, 1.54) is 13.2 Å². The third kappa shape index (κ3) is 5.55. The molecule has 1 heterocycles. The first kappa shape index (κ1) is 26.4. The number of pyridine rings is 1. The van der Waals surface area contributed by atoms with Crippen LogP contribution >= 0.6 is 0 Å². The van der Waals surface area contributed by atoms with E-state index in [2.05, 4.69) is 4.98 Å². The van der Waals surface area contributed by atoms with Crippen molar-refractivity contribution in [2.24, 2.45) is 0 Å². The molecule has 0 aliphatic rings. The zero-order valence-corrected chi connectivity index (χ0v) is 21.2. The lowest BCUT2D eigenvalue weighted by atomic mass is 10.1. The molecule has 37 heavy (non-hydrogen) atoms. The van der Waals surface area contributed by atoms with E-state index < -0.39 is 38.8 Å². The largest absolute Gasteiger partial charge is 0.497 e. The highest BCUT2D eigenvalue weighted by Crippen LogP contribution is 2.36. The van der Waals surface area contributed by atoms with Crippen LogP contribution in [0.4, 0.5) is 13.2 Å². The molecule has 10 heteroatoms. The van der Waals surface area contributed by atoms with Crippen LogP contribution in [0.15, 0.2) is 76.4 Å². The van der Waals surface area contributed by atoms with Gasteiger partial charge in [0.25, 0.3) is 5.56 Å². The quantitative estimate of drug-likeness (QED) is 0.339. The summed E-state index contributed by atoms with van der Waals surface area (Å²) in [5, 5.41) is 0.699. The molecule has 0 amide bonds. The summed E-state index contributed by atoms with van der Waals surface area (Å²) in [6.45, 7) is 3.05. The van der Waals surface area contributed by atoms with Gasteiger partial charge in [0.2, 0.25) is 10.0 Å². The van der Waals surface area contributed by atoms with Gasteiger partial charge in [-0.15, -0.1) is 0 Å². The van der Waals surface area contributed by atoms with Crippen molar-refractivity contribution < 1.29 is 26.3 Å². The standard InChI is InChI=1S/C27H25F3N2O4S/c1-17-12-18(2)25-20(13-17)14-21(26(33)31-25)16-32(15-19-8-10-22(36-3)11-9-19)37(34,35)24-7-5-4-6-23(24)27(28,29)30/h4-14H,15-16H2,1-3H3,(H,31,33). The third-order valence-corrected chi connectivity index (χ3v) is 7.90. The van der Waals surface area contributed by atoms with E-state index >= 15 is 0 Å². The summed E-state index contributed by atoms with van der Waals surface area (Å²) in [6, 6.07) is 15.9. The molecule has 0 spiro atoms. The van der Waals surface area contributed by atoms with E-state index in [-0.39, 0.29) is 12.1 Å². The Bertz CT molecular complexity index is 1610. The molecular weight excluding hydrogens is 505 g/mol. The molecule has 0 unspecified atom stereocenters. The van der Waals surface area contributed by atoms with E-state index in [9.17, 15) is 26.4 Å². The second kappa shape index (κ2) is 10.0. The smallest absolute Gasteiger partial charge is 0.417 e. The Hall–Kier alpha value is -3.63. The summed E-state index contributed by atoms with van der Waals surface area (Å²) in [7, 11) is -3.20. The first-order valence-corrected chi connectivity index (χ1v) is 12.8. The molecule has 1 aromatic heterocycles. The van der Waals surface area contributed by atoms with Crippen molar-refractivity contribution in [3.63, 3.8) is 0 Å². The predicted octanol–water partition coefficient (Wildman–Crippen LogP) is 5.56. The normalized spacial score (nSPS) is 12.3. The van der Waals surface area contributed by atoms with Gasteiger partial charge in [-0.25, -0.2) is 8.42 Å². The van der Waals surface area contributed by atoms with Gasteiger partial charge in [-0.1, -0.05) is 35.9 Å². The van der Waals surface area contributed by atoms with Crippen LogP contribution in [0.2, 0.25) is 0 Å². The van der Waals surface area contributed by atoms with E-state index in [0.29, 0.717) is 22.2 Å². The first-order valence-electron chi connectivity index (χ1n) is 11.3. The number of sulfonamides is 1. The van der Waals surface area contributed by atoms with Crippen LogP contribution < -0.4 is 10.3 Å². The molecule has 0 radical (unpaired) electrons. The number of hydrogen-bond donors (Lipinski definition) is 1. The van der Waals surface area contributed by atoms with Crippen molar-refractivity contribution >= 4 is 20.9 Å². The second-order valence-electron chi connectivity index (χ2n) is 8.78. The van der Waals surface area contributed by atoms with E-state index in [1.54, 1.807) is 30.3 Å². The number of hydrogen-bond acceptors (Lipinski definition) is 4. The number of ether oxygens (including phenoxy) is 1. The lowest BCUT2D eigenvalue weighted by Crippen LogP contribution is -2.33. The Kier molecular flexibility index (Phi) is 7.16. The number of aromatic amines is 1. The van der Waals surface area contributed by atoms with Crippen LogP contribution in [-0.4, -0.2) is 24.8 Å². The Labute approximate surface area is 212 Å². The maximum atomic E-state index is 13.7. The number of aromatic nitrogens is 1. The summed E-state index contributed by atoms with van der Waals surface area (Å²) < 4.78 is 74.7. The minimum absolute atomic E-state index is 0.110. The maximum Gasteiger partial charge on any atom is 0.417 e. The van der Waals surface area contributed by atoms with Crippen LogP contribution in [0.25, 0.3) is 10.9 Å². The fourth-order valence-electron chi connectivity index (χ4n) is 4.26. The highest BCUT2D eigenvalue weighted by Gasteiger charge is 2.39. The monoisotopic (exact) mass is 530 g/mol. The zero-order chi connectivity index (χ0) is 27.0. The van der Waals surface area contributed by atoms with Gasteiger partial charge in [0.15, 0.2) is 0 Å². The highest BCUT2D eigenvalue weighted by atomic mass is 32.2. The van der Waals surface area contributed by atoms with Gasteiger partial charge in [-0.3, -0.25) is 4.79 Å². The molecule has 194 valence electrons. The van der Waals surface area contributed by atoms with Crippen molar-refractivity contribution in [1.29, 1.82) is 0 Å². The van der Waals surface area contributed by atoms with E-state index in [0.717, 1.165) is 33.6 Å². The molecule has 0 aliphatic heterocycles. The first-order chi connectivity index (χ1) is 17.4. The number of halogens is 3. The molecule has 0 atom stereocenters. The Morgan fingerprint density at radius 2 is 1.62 bits per heavy atom. The number of rotatable bonds is 7. The van der Waals surface area contributed by atoms with E-state index in [4.69, 9.17) is 4.74 Å². The molecule has 4 aromatic rings. The number of fused-ring (bicyclic) bond motifs is 1. The van der Waals surface area contributed by atoms with Crippen molar-refractivity contribution in [2.75, 3.05) is 7.11 Å². The molecule has 0 saturated heterocycles. The fourth-order valence-corrected chi connectivity index (χ4v) is 5.88. The third-order valence-electron chi connectivity index (χ3n) is 6.05. The second-order valence-corrected chi connectivity index (χ2v) is 10.7. The molecule has 4 rings (SSSR count). The number of nitrogens with zero attached hydrogens (tertiary/aromatic N) is 1. The Balaban J connectivity index is 1.84. The molecule has 0 bridgehead atoms. The van der Waals surface area contributed by atoms with Gasteiger partial charge in [0.05, 0.1) is 23.1 Å². The van der Waals surface area contributed by atoms with Gasteiger partial charge in [0.1, 0.15) is 5.75 Å². The number of H-pyrrole nitrogens is 1. The summed E-state index contributed by atoms with van der Waals surface area (Å²) in [4.78, 5) is 14.9. The summed E-state index contributed by atoms with van der Waals surface area (Å²) in [6.07, 6.45) is -4.88. The SMILES string of the molecule is COc1ccc(CN(Cc2cc3cc(C)cc(C)c3[nH]c2=O)S(=O)(=O)c2ccccc2C(F)(F)F)cc1. The Morgan fingerprint density at radius 1 is 0.946 bits per heavy atom. The van der Waals surface area contributed by atoms with Crippen molar-refractivity contribution in [3.05, 3.63) is 105 Å². The highest BCUT2D eigenvalue weighted by molar-refractivity contribution is 7.89. The zero-order valence-electron chi connectivity index (χ0n) is 20.4. The molecular formula is C27H25F3N2O4S. The lowest BCUT2D eigenvalue weighted by Gasteiger charge is -2.24. The number of aryl methyl sites for hydroxylation is 2. The lowest BCUT2D eigenvalue weighted by molar-refractivity contribution is -0.139. The summed E-state index contributed by atoms with van der Waals surface area (Å²) >= 11 is 0. The molecule has 1 N–H and O–H groups in total. The fraction of sp³-hybridized carbons (Fsp3) is 0.222. The number of nitrogens with one attached hydrogen (secondary N) is 1. The summed E-state index contributed by atoms with van der Waals surface area (Å²) in [5.74, 6) is 0.539. The molecule has 3 aromatic carbocycles. The van der Waals surface area contributed by atoms with Gasteiger partial charge >= 0.3 is 6.18 Å². The van der Waals surface area contributed by atoms with Gasteiger partial charge < -0.3 is 9.72 Å². The topological polar surface area (TPSA) is 79.5 Å². The minimum atomic E-state index is -4.88. The van der Waals surface area contributed by atoms with Crippen LogP contribution in [0.3, 0.4) is 0 Å². The van der Waals surface area contributed by atoms with Crippen LogP contribution in [0.5, 0.6) is 5.75 Å². The van der Waals surface area contributed by atoms with Gasteiger partial charge in [0, 0.05) is 18.7 Å². The minimum Gasteiger partial charge on any atom is -0.497 e. The van der Waals surface area contributed by atoms with E-state index in [1.807, 2.05) is 26.0 Å². The Morgan fingerprint density at radius 3 is 2.27 bits per heavy atom. The number of benzene rings is 3. The number of alkyl halides is 3. The van der Waals surface area contributed by atoms with Crippen LogP contribution in [0, 0.1) is 13.8 Å². The molecule has 0 aliphatic carbocycles. The van der Waals surface area contributed by atoms with Gasteiger partial charge in [-0.05, 0) is 66.8 Å². The van der Waals surface area contributed by atoms with Gasteiger partial charge in [-0.2, -0.15) is 17.5 Å². The maximum absolute atomic E-state index is 13.7. The van der Waals surface area contributed by atoms with Crippen LogP contribution in [0.1, 0.15) is 27.8 Å². The average Bonchev–Trinajstić information content (AvgIpc) is 2.84. The average molecular weight is 531 g/mol. The van der Waals surface area contributed by atoms with Crippen LogP contribution in [-0.2, 0) is 29.3 Å². The van der Waals surface area contributed by atoms with Crippen molar-refractivity contribution in [3.8, 4) is 5.75 Å². The molecule has 0 saturated carbocycles. The summed E-state index contributed by atoms with van der Waals surface area (Å²) in [5.41, 5.74) is 1.25.